The molecule has 0 aliphatic heterocycles. The van der Waals surface area contributed by atoms with E-state index in [1.165, 1.54) is 60.8 Å². The molecular weight excluding hydrogens is 506 g/mol. The summed E-state index contributed by atoms with van der Waals surface area (Å²) in [5.74, 6) is 0. The fourth-order valence-electron chi connectivity index (χ4n) is 6.45. The second-order valence-electron chi connectivity index (χ2n) is 11.1. The molecule has 0 unspecified atom stereocenters. The number of aryl methyl sites for hydroxylation is 1. The van der Waals surface area contributed by atoms with Crippen molar-refractivity contribution in [3.8, 4) is 44.5 Å². The molecule has 0 saturated carbocycles. The van der Waals surface area contributed by atoms with E-state index < -0.39 is 0 Å². The fraction of sp³-hybridized carbons (Fsp3) is 0.0244. The van der Waals surface area contributed by atoms with E-state index in [1.54, 1.807) is 0 Å². The van der Waals surface area contributed by atoms with Crippen LogP contribution >= 0.6 is 0 Å². The van der Waals surface area contributed by atoms with Crippen molar-refractivity contribution in [1.82, 2.24) is 0 Å². The minimum atomic E-state index is 1.13. The van der Waals surface area contributed by atoms with Crippen LogP contribution in [-0.4, -0.2) is 0 Å². The molecule has 0 fully saturated rings. The topological polar surface area (TPSA) is 3.24 Å². The van der Waals surface area contributed by atoms with Gasteiger partial charge in [0.25, 0.3) is 0 Å². The summed E-state index contributed by atoms with van der Waals surface area (Å²) in [6, 6.07) is 57.3. The number of para-hydroxylation sites is 1. The lowest BCUT2D eigenvalue weighted by Crippen LogP contribution is -2.09. The predicted octanol–water partition coefficient (Wildman–Crippen LogP) is 11.6. The van der Waals surface area contributed by atoms with Crippen molar-refractivity contribution in [2.75, 3.05) is 4.90 Å². The summed E-state index contributed by atoms with van der Waals surface area (Å²) in [5.41, 5.74) is 14.9. The van der Waals surface area contributed by atoms with Crippen LogP contribution in [0.25, 0.3) is 55.3 Å². The van der Waals surface area contributed by atoms with Crippen LogP contribution in [0.15, 0.2) is 158 Å². The highest BCUT2D eigenvalue weighted by Gasteiger charge is 2.22. The Hall–Kier alpha value is -5.40. The summed E-state index contributed by atoms with van der Waals surface area (Å²) in [6.07, 6.45) is 0. The fourth-order valence-corrected chi connectivity index (χ4v) is 6.45. The lowest BCUT2D eigenvalue weighted by molar-refractivity contribution is 1.28. The Morgan fingerprint density at radius 1 is 0.357 bits per heavy atom. The third-order valence-electron chi connectivity index (χ3n) is 8.49. The summed E-state index contributed by atoms with van der Waals surface area (Å²) in [5, 5.41) is 2.65. The van der Waals surface area contributed by atoms with E-state index in [0.29, 0.717) is 0 Å². The van der Waals surface area contributed by atoms with E-state index in [-0.39, 0.29) is 0 Å². The van der Waals surface area contributed by atoms with Crippen LogP contribution in [0, 0.1) is 6.92 Å². The quantitative estimate of drug-likeness (QED) is 0.212. The molecule has 1 nitrogen and oxygen atoms in total. The standard InChI is InChI=1S/C41H29N/c1-28-17-19-29(20-18-28)30-21-23-33(24-22-30)42(32-10-3-2-4-11-32)34-12-7-9-31(27-34)35-25-26-40-37-14-6-5-13-36(37)39-16-8-15-38(35)41(39)40/h2-27H,1H3. The van der Waals surface area contributed by atoms with Gasteiger partial charge in [0.2, 0.25) is 0 Å². The highest BCUT2D eigenvalue weighted by atomic mass is 15.1. The molecule has 1 aliphatic rings. The van der Waals surface area contributed by atoms with Crippen molar-refractivity contribution < 1.29 is 0 Å². The Bertz CT molecular complexity index is 2040. The third kappa shape index (κ3) is 4.02. The Labute approximate surface area is 247 Å². The summed E-state index contributed by atoms with van der Waals surface area (Å²) in [7, 11) is 0. The molecular formula is C41H29N. The van der Waals surface area contributed by atoms with E-state index in [0.717, 1.165) is 17.1 Å². The number of rotatable bonds is 5. The van der Waals surface area contributed by atoms with Crippen molar-refractivity contribution in [1.29, 1.82) is 0 Å². The van der Waals surface area contributed by atoms with Crippen molar-refractivity contribution in [2.45, 2.75) is 6.92 Å². The minimum Gasteiger partial charge on any atom is -0.310 e. The number of hydrogen-bond donors (Lipinski definition) is 0. The first-order chi connectivity index (χ1) is 20.7. The molecule has 0 bridgehead atoms. The molecule has 0 radical (unpaired) electrons. The molecule has 1 aliphatic carbocycles. The van der Waals surface area contributed by atoms with Gasteiger partial charge in [0.1, 0.15) is 0 Å². The Balaban J connectivity index is 1.24. The van der Waals surface area contributed by atoms with E-state index >= 15 is 0 Å². The number of hydrogen-bond acceptors (Lipinski definition) is 1. The Kier molecular flexibility index (Phi) is 5.75. The maximum atomic E-state index is 2.35. The first-order valence-corrected chi connectivity index (χ1v) is 14.5. The zero-order valence-corrected chi connectivity index (χ0v) is 23.5. The van der Waals surface area contributed by atoms with Gasteiger partial charge in [0.15, 0.2) is 0 Å². The molecule has 42 heavy (non-hydrogen) atoms. The lowest BCUT2D eigenvalue weighted by atomic mass is 9.94. The monoisotopic (exact) mass is 535 g/mol. The van der Waals surface area contributed by atoms with Gasteiger partial charge in [-0.2, -0.15) is 0 Å². The second-order valence-corrected chi connectivity index (χ2v) is 11.1. The first kappa shape index (κ1) is 24.4. The summed E-state index contributed by atoms with van der Waals surface area (Å²) in [6.45, 7) is 2.13. The van der Waals surface area contributed by atoms with E-state index in [4.69, 9.17) is 0 Å². The molecule has 8 rings (SSSR count). The van der Waals surface area contributed by atoms with Gasteiger partial charge in [-0.05, 0) is 98.6 Å². The average Bonchev–Trinajstić information content (AvgIpc) is 3.38. The van der Waals surface area contributed by atoms with Crippen LogP contribution in [-0.2, 0) is 0 Å². The van der Waals surface area contributed by atoms with Gasteiger partial charge >= 0.3 is 0 Å². The molecule has 0 saturated heterocycles. The third-order valence-corrected chi connectivity index (χ3v) is 8.49. The normalized spacial score (nSPS) is 11.5. The van der Waals surface area contributed by atoms with Gasteiger partial charge in [0, 0.05) is 17.1 Å². The highest BCUT2D eigenvalue weighted by molar-refractivity contribution is 6.18. The molecule has 7 aromatic rings. The highest BCUT2D eigenvalue weighted by Crippen LogP contribution is 2.49. The predicted molar refractivity (Wildman–Crippen MR) is 179 cm³/mol. The Morgan fingerprint density at radius 2 is 0.905 bits per heavy atom. The van der Waals surface area contributed by atoms with Gasteiger partial charge < -0.3 is 4.90 Å². The molecule has 198 valence electrons. The van der Waals surface area contributed by atoms with Gasteiger partial charge in [-0.3, -0.25) is 0 Å². The van der Waals surface area contributed by atoms with Crippen molar-refractivity contribution in [2.24, 2.45) is 0 Å². The molecule has 0 spiro atoms. The summed E-state index contributed by atoms with van der Waals surface area (Å²) in [4.78, 5) is 2.35. The van der Waals surface area contributed by atoms with Crippen molar-refractivity contribution in [3.63, 3.8) is 0 Å². The zero-order valence-electron chi connectivity index (χ0n) is 23.5. The number of benzene rings is 7. The van der Waals surface area contributed by atoms with Crippen molar-refractivity contribution in [3.05, 3.63) is 163 Å². The second kappa shape index (κ2) is 9.90. The number of fused-ring (bicyclic) bond motifs is 3. The SMILES string of the molecule is Cc1ccc(-c2ccc(N(c3ccccc3)c3cccc(-c4ccc5c6c(cccc46)-c4ccccc4-5)c3)cc2)cc1. The lowest BCUT2D eigenvalue weighted by Gasteiger charge is -2.26. The molecule has 0 N–H and O–H groups in total. The summed E-state index contributed by atoms with van der Waals surface area (Å²) >= 11 is 0. The molecule has 1 heteroatoms. The molecule has 0 atom stereocenters. The largest absolute Gasteiger partial charge is 0.310 e. The van der Waals surface area contributed by atoms with Crippen LogP contribution in [0.3, 0.4) is 0 Å². The zero-order chi connectivity index (χ0) is 28.0. The van der Waals surface area contributed by atoms with Crippen LogP contribution in [0.2, 0.25) is 0 Å². The summed E-state index contributed by atoms with van der Waals surface area (Å²) < 4.78 is 0. The molecule has 0 heterocycles. The Morgan fingerprint density at radius 3 is 1.64 bits per heavy atom. The van der Waals surface area contributed by atoms with Gasteiger partial charge in [0.05, 0.1) is 0 Å². The molecule has 0 aromatic heterocycles. The maximum absolute atomic E-state index is 2.35. The molecule has 7 aromatic carbocycles. The first-order valence-electron chi connectivity index (χ1n) is 14.5. The van der Waals surface area contributed by atoms with Crippen LogP contribution in [0.4, 0.5) is 17.1 Å². The number of anilines is 3. The number of nitrogens with zero attached hydrogens (tertiary/aromatic N) is 1. The average molecular weight is 536 g/mol. The van der Waals surface area contributed by atoms with Gasteiger partial charge in [-0.15, -0.1) is 0 Å². The molecule has 0 amide bonds. The van der Waals surface area contributed by atoms with Crippen LogP contribution in [0.5, 0.6) is 0 Å². The van der Waals surface area contributed by atoms with Crippen LogP contribution in [0.1, 0.15) is 5.56 Å². The van der Waals surface area contributed by atoms with Gasteiger partial charge in [-0.25, -0.2) is 0 Å². The minimum absolute atomic E-state index is 1.13. The van der Waals surface area contributed by atoms with Crippen molar-refractivity contribution >= 4 is 27.8 Å². The maximum Gasteiger partial charge on any atom is 0.0467 e. The van der Waals surface area contributed by atoms with E-state index in [1.807, 2.05) is 0 Å². The van der Waals surface area contributed by atoms with Crippen LogP contribution < -0.4 is 4.90 Å². The smallest absolute Gasteiger partial charge is 0.0467 e. The van der Waals surface area contributed by atoms with Gasteiger partial charge in [-0.1, -0.05) is 127 Å². The van der Waals surface area contributed by atoms with E-state index in [9.17, 15) is 0 Å². The van der Waals surface area contributed by atoms with E-state index in [2.05, 4.69) is 170 Å².